The highest BCUT2D eigenvalue weighted by atomic mass is 16.5. The van der Waals surface area contributed by atoms with Crippen molar-refractivity contribution in [3.8, 4) is 0 Å². The van der Waals surface area contributed by atoms with E-state index in [9.17, 15) is 19.8 Å². The quantitative estimate of drug-likeness (QED) is 0.0321. The highest BCUT2D eigenvalue weighted by Gasteiger charge is 2.18. The van der Waals surface area contributed by atoms with Crippen molar-refractivity contribution < 1.29 is 24.5 Å². The molecule has 3 N–H and O–H groups in total. The molecule has 0 bridgehead atoms. The van der Waals surface area contributed by atoms with Crippen LogP contribution < -0.4 is 5.32 Å². The zero-order valence-corrected chi connectivity index (χ0v) is 43.7. The maximum absolute atomic E-state index is 12.4. The molecular weight excluding hydrogens is 803 g/mol. The molecule has 0 fully saturated rings. The number of nitrogens with one attached hydrogen (secondary N) is 1. The van der Waals surface area contributed by atoms with Crippen molar-refractivity contribution >= 4 is 11.9 Å². The van der Waals surface area contributed by atoms with Gasteiger partial charge in [-0.25, -0.2) is 0 Å². The van der Waals surface area contributed by atoms with E-state index < -0.39 is 12.1 Å². The van der Waals surface area contributed by atoms with Gasteiger partial charge >= 0.3 is 5.97 Å². The molecule has 0 aliphatic heterocycles. The lowest BCUT2D eigenvalue weighted by molar-refractivity contribution is -0.143. The molecule has 2 atom stereocenters. The van der Waals surface area contributed by atoms with Gasteiger partial charge in [0.2, 0.25) is 5.91 Å². The molecule has 0 radical (unpaired) electrons. The van der Waals surface area contributed by atoms with Crippen LogP contribution >= 0.6 is 0 Å². The first kappa shape index (κ1) is 63.3. The molecule has 0 rings (SSSR count). The fourth-order valence-electron chi connectivity index (χ4n) is 8.98. The lowest BCUT2D eigenvalue weighted by atomic mass is 10.0. The average Bonchev–Trinajstić information content (AvgIpc) is 3.31. The maximum atomic E-state index is 12.4. The third kappa shape index (κ3) is 51.6. The molecular formula is C59H113NO5. The molecule has 2 unspecified atom stereocenters. The molecule has 6 nitrogen and oxygen atoms in total. The topological polar surface area (TPSA) is 95.9 Å². The molecule has 0 spiro atoms. The SMILES string of the molecule is CCCCCCCCC/C=C/C(O)C(CO)NC(=O)CCCCCCCCC/C=C\CCCCCCCCCCCCCOC(=O)CCCCCCCCCCCCCCCCCCC. The summed E-state index contributed by atoms with van der Waals surface area (Å²) in [6.45, 7) is 4.88. The summed E-state index contributed by atoms with van der Waals surface area (Å²) < 4.78 is 5.49. The van der Waals surface area contributed by atoms with Crippen LogP contribution in [0.3, 0.4) is 0 Å². The molecule has 0 aliphatic carbocycles. The van der Waals surface area contributed by atoms with E-state index in [4.69, 9.17) is 4.74 Å². The van der Waals surface area contributed by atoms with Crippen LogP contribution in [0, 0.1) is 0 Å². The van der Waals surface area contributed by atoms with Gasteiger partial charge in [0, 0.05) is 12.8 Å². The molecule has 1 amide bonds. The van der Waals surface area contributed by atoms with E-state index in [-0.39, 0.29) is 18.5 Å². The van der Waals surface area contributed by atoms with Crippen molar-refractivity contribution in [3.63, 3.8) is 0 Å². The minimum absolute atomic E-state index is 0.0132. The molecule has 0 saturated carbocycles. The number of unbranched alkanes of at least 4 members (excludes halogenated alkanes) is 41. The summed E-state index contributed by atoms with van der Waals surface area (Å²) in [5.74, 6) is -0.0641. The van der Waals surface area contributed by atoms with Crippen molar-refractivity contribution in [2.45, 2.75) is 328 Å². The van der Waals surface area contributed by atoms with Gasteiger partial charge in [-0.2, -0.15) is 0 Å². The van der Waals surface area contributed by atoms with Gasteiger partial charge in [0.05, 0.1) is 25.4 Å². The Morgan fingerprint density at radius 1 is 0.415 bits per heavy atom. The smallest absolute Gasteiger partial charge is 0.305 e. The van der Waals surface area contributed by atoms with Crippen LogP contribution in [0.4, 0.5) is 0 Å². The van der Waals surface area contributed by atoms with E-state index >= 15 is 0 Å². The minimum Gasteiger partial charge on any atom is -0.466 e. The van der Waals surface area contributed by atoms with E-state index in [1.165, 1.54) is 244 Å². The van der Waals surface area contributed by atoms with Gasteiger partial charge in [-0.3, -0.25) is 9.59 Å². The number of rotatable bonds is 54. The van der Waals surface area contributed by atoms with Crippen molar-refractivity contribution in [3.05, 3.63) is 24.3 Å². The van der Waals surface area contributed by atoms with Gasteiger partial charge in [-0.1, -0.05) is 269 Å². The van der Waals surface area contributed by atoms with Crippen molar-refractivity contribution in [1.82, 2.24) is 5.32 Å². The van der Waals surface area contributed by atoms with Crippen LogP contribution in [0.2, 0.25) is 0 Å². The molecule has 0 aliphatic rings. The summed E-state index contributed by atoms with van der Waals surface area (Å²) in [7, 11) is 0. The molecule has 0 aromatic carbocycles. The van der Waals surface area contributed by atoms with E-state index in [1.807, 2.05) is 6.08 Å². The summed E-state index contributed by atoms with van der Waals surface area (Å²) in [6, 6.07) is -0.630. The highest BCUT2D eigenvalue weighted by molar-refractivity contribution is 5.76. The Bertz CT molecular complexity index is 1010. The second-order valence-corrected chi connectivity index (χ2v) is 20.0. The molecule has 0 aromatic rings. The predicted octanol–water partition coefficient (Wildman–Crippen LogP) is 17.9. The van der Waals surface area contributed by atoms with Crippen molar-refractivity contribution in [2.75, 3.05) is 13.2 Å². The predicted molar refractivity (Wildman–Crippen MR) is 283 cm³/mol. The van der Waals surface area contributed by atoms with Gasteiger partial charge in [-0.05, 0) is 57.8 Å². The molecule has 0 aromatic heterocycles. The molecule has 384 valence electrons. The number of hydrogen-bond acceptors (Lipinski definition) is 5. The summed E-state index contributed by atoms with van der Waals surface area (Å²) in [5.41, 5.74) is 0. The van der Waals surface area contributed by atoms with E-state index in [1.54, 1.807) is 6.08 Å². The van der Waals surface area contributed by atoms with E-state index in [2.05, 4.69) is 31.3 Å². The van der Waals surface area contributed by atoms with Gasteiger partial charge < -0.3 is 20.3 Å². The Morgan fingerprint density at radius 2 is 0.723 bits per heavy atom. The second-order valence-electron chi connectivity index (χ2n) is 20.0. The first-order chi connectivity index (χ1) is 32.0. The Hall–Kier alpha value is -1.66. The summed E-state index contributed by atoms with van der Waals surface area (Å²) >= 11 is 0. The fourth-order valence-corrected chi connectivity index (χ4v) is 8.98. The Kier molecular flexibility index (Phi) is 53.5. The van der Waals surface area contributed by atoms with E-state index in [0.29, 0.717) is 19.4 Å². The number of aliphatic hydroxyl groups excluding tert-OH is 2. The Morgan fingerprint density at radius 3 is 1.09 bits per heavy atom. The lowest BCUT2D eigenvalue weighted by Crippen LogP contribution is -2.45. The van der Waals surface area contributed by atoms with Crippen LogP contribution in [-0.2, 0) is 14.3 Å². The molecule has 6 heteroatoms. The van der Waals surface area contributed by atoms with Crippen LogP contribution in [0.1, 0.15) is 316 Å². The number of aliphatic hydroxyl groups is 2. The molecule has 0 heterocycles. The zero-order valence-electron chi connectivity index (χ0n) is 43.7. The maximum Gasteiger partial charge on any atom is 0.305 e. The molecule has 0 saturated heterocycles. The number of amides is 1. The fraction of sp³-hybridized carbons (Fsp3) is 0.898. The van der Waals surface area contributed by atoms with Gasteiger partial charge in [0.25, 0.3) is 0 Å². The van der Waals surface area contributed by atoms with Crippen molar-refractivity contribution in [1.29, 1.82) is 0 Å². The number of ether oxygens (including phenoxy) is 1. The second kappa shape index (κ2) is 54.9. The van der Waals surface area contributed by atoms with Crippen molar-refractivity contribution in [2.24, 2.45) is 0 Å². The number of carbonyl (C=O) groups excluding carboxylic acids is 2. The van der Waals surface area contributed by atoms with Crippen LogP contribution in [0.25, 0.3) is 0 Å². The average molecular weight is 917 g/mol. The number of esters is 1. The van der Waals surface area contributed by atoms with Crippen LogP contribution in [0.15, 0.2) is 24.3 Å². The first-order valence-corrected chi connectivity index (χ1v) is 29.1. The summed E-state index contributed by atoms with van der Waals surface area (Å²) in [6.07, 6.45) is 66.5. The standard InChI is InChI=1S/C59H113NO5/c1-3-5-7-9-11-13-14-15-16-23-27-30-33-37-41-45-49-53-59(64)65-54-50-46-42-38-34-31-28-25-22-20-18-17-19-21-24-26-29-32-36-40-44-48-52-58(63)60-56(55-61)57(62)51-47-43-39-35-12-10-8-6-4-2/h19,21,47,51,56-57,61-62H,3-18,20,22-46,48-50,52-55H2,1-2H3,(H,60,63)/b21-19-,51-47+. The Labute approximate surface area is 405 Å². The largest absolute Gasteiger partial charge is 0.466 e. The van der Waals surface area contributed by atoms with Crippen LogP contribution in [0.5, 0.6) is 0 Å². The first-order valence-electron chi connectivity index (χ1n) is 29.1. The Balaban J connectivity index is 3.38. The zero-order chi connectivity index (χ0) is 47.2. The van der Waals surface area contributed by atoms with E-state index in [0.717, 1.165) is 44.9 Å². The van der Waals surface area contributed by atoms with Gasteiger partial charge in [-0.15, -0.1) is 0 Å². The number of hydrogen-bond donors (Lipinski definition) is 3. The number of allylic oxidation sites excluding steroid dienone is 3. The van der Waals surface area contributed by atoms with Gasteiger partial charge in [0.15, 0.2) is 0 Å². The minimum atomic E-state index is -0.846. The van der Waals surface area contributed by atoms with Gasteiger partial charge in [0.1, 0.15) is 0 Å². The third-order valence-corrected chi connectivity index (χ3v) is 13.5. The summed E-state index contributed by atoms with van der Waals surface area (Å²) in [4.78, 5) is 24.4. The summed E-state index contributed by atoms with van der Waals surface area (Å²) in [5, 5.41) is 22.9. The normalized spacial score (nSPS) is 12.7. The molecule has 65 heavy (non-hydrogen) atoms. The number of carbonyl (C=O) groups is 2. The monoisotopic (exact) mass is 916 g/mol. The lowest BCUT2D eigenvalue weighted by Gasteiger charge is -2.20. The third-order valence-electron chi connectivity index (χ3n) is 13.5. The highest BCUT2D eigenvalue weighted by Crippen LogP contribution is 2.17. The van der Waals surface area contributed by atoms with Crippen LogP contribution in [-0.4, -0.2) is 47.4 Å².